The van der Waals surface area contributed by atoms with Gasteiger partial charge in [-0.25, -0.2) is 0 Å². The quantitative estimate of drug-likeness (QED) is 0.797. The van der Waals surface area contributed by atoms with Crippen molar-refractivity contribution in [2.24, 2.45) is 0 Å². The molecule has 0 saturated carbocycles. The minimum atomic E-state index is -0.471. The Hall–Kier alpha value is -1.32. The number of anilines is 1. The van der Waals surface area contributed by atoms with E-state index in [1.165, 1.54) is 5.56 Å². The predicted molar refractivity (Wildman–Crippen MR) is 68.5 cm³/mol. The Morgan fingerprint density at radius 1 is 1.25 bits per heavy atom. The summed E-state index contributed by atoms with van der Waals surface area (Å²) in [7, 11) is 0. The molecule has 2 nitrogen and oxygen atoms in total. The smallest absolute Gasteiger partial charge is 0.0813 e. The Bertz CT molecular complexity index is 439. The van der Waals surface area contributed by atoms with Gasteiger partial charge in [-0.3, -0.25) is 0 Å². The molecule has 0 bridgehead atoms. The summed E-state index contributed by atoms with van der Waals surface area (Å²) in [5.74, 6) is 0. The molecule has 0 aliphatic carbocycles. The van der Waals surface area contributed by atoms with E-state index in [0.29, 0.717) is 12.1 Å². The number of benzene rings is 1. The number of aliphatic hydroxyl groups is 1. The van der Waals surface area contributed by atoms with Crippen LogP contribution in [-0.4, -0.2) is 5.11 Å². The first kappa shape index (κ1) is 11.2. The molecule has 1 atom stereocenters. The summed E-state index contributed by atoms with van der Waals surface area (Å²) in [4.78, 5) is 0. The minimum absolute atomic E-state index is 0.471. The number of rotatable bonds is 4. The highest BCUT2D eigenvalue weighted by molar-refractivity contribution is 7.07. The van der Waals surface area contributed by atoms with Crippen LogP contribution in [-0.2, 0) is 6.42 Å². The number of aliphatic hydroxyl groups excluding tert-OH is 1. The van der Waals surface area contributed by atoms with Crippen molar-refractivity contribution in [1.82, 2.24) is 0 Å². The molecule has 1 aromatic carbocycles. The second-order valence-corrected chi connectivity index (χ2v) is 4.60. The third kappa shape index (κ3) is 2.62. The molecule has 1 heterocycles. The molecular formula is C13H15NOS. The molecule has 1 aromatic heterocycles. The number of aryl methyl sites for hydroxylation is 1. The van der Waals surface area contributed by atoms with Crippen LogP contribution in [0.3, 0.4) is 0 Å². The minimum Gasteiger partial charge on any atom is -0.398 e. The van der Waals surface area contributed by atoms with Gasteiger partial charge in [-0.1, -0.05) is 18.2 Å². The molecule has 3 heteroatoms. The van der Waals surface area contributed by atoms with Crippen LogP contribution in [0.15, 0.2) is 41.1 Å². The van der Waals surface area contributed by atoms with E-state index in [9.17, 15) is 5.11 Å². The lowest BCUT2D eigenvalue weighted by Crippen LogP contribution is -2.03. The average Bonchev–Trinajstić information content (AvgIpc) is 2.79. The first-order valence-electron chi connectivity index (χ1n) is 5.31. The Morgan fingerprint density at radius 3 is 2.75 bits per heavy atom. The number of para-hydroxylation sites is 1. The standard InChI is InChI=1S/C13H15NOS/c14-12-4-2-1-3-11(12)13(15)6-5-10-7-8-16-9-10/h1-4,7-9,13,15H,5-6,14H2. The second-order valence-electron chi connectivity index (χ2n) is 3.81. The fourth-order valence-electron chi connectivity index (χ4n) is 1.71. The van der Waals surface area contributed by atoms with Gasteiger partial charge in [0.25, 0.3) is 0 Å². The van der Waals surface area contributed by atoms with Crippen molar-refractivity contribution in [2.45, 2.75) is 18.9 Å². The van der Waals surface area contributed by atoms with E-state index in [-0.39, 0.29) is 0 Å². The average molecular weight is 233 g/mol. The van der Waals surface area contributed by atoms with Crippen molar-refractivity contribution in [3.05, 3.63) is 52.2 Å². The lowest BCUT2D eigenvalue weighted by Gasteiger charge is -2.12. The number of hydrogen-bond acceptors (Lipinski definition) is 3. The second kappa shape index (κ2) is 5.14. The summed E-state index contributed by atoms with van der Waals surface area (Å²) in [6.45, 7) is 0. The number of thiophene rings is 1. The van der Waals surface area contributed by atoms with Crippen LogP contribution >= 0.6 is 11.3 Å². The number of nitrogen functional groups attached to an aromatic ring is 1. The van der Waals surface area contributed by atoms with Crippen molar-refractivity contribution >= 4 is 17.0 Å². The maximum atomic E-state index is 10.0. The van der Waals surface area contributed by atoms with Gasteiger partial charge in [0.05, 0.1) is 6.10 Å². The molecule has 0 spiro atoms. The zero-order chi connectivity index (χ0) is 11.4. The third-order valence-corrected chi connectivity index (χ3v) is 3.37. The van der Waals surface area contributed by atoms with Crippen molar-refractivity contribution in [2.75, 3.05) is 5.73 Å². The Morgan fingerprint density at radius 2 is 2.06 bits per heavy atom. The van der Waals surface area contributed by atoms with Crippen LogP contribution in [0.5, 0.6) is 0 Å². The Kier molecular flexibility index (Phi) is 3.59. The van der Waals surface area contributed by atoms with Gasteiger partial charge in [-0.05, 0) is 41.3 Å². The summed E-state index contributed by atoms with van der Waals surface area (Å²) < 4.78 is 0. The van der Waals surface area contributed by atoms with E-state index >= 15 is 0 Å². The van der Waals surface area contributed by atoms with E-state index in [4.69, 9.17) is 5.73 Å². The first-order valence-corrected chi connectivity index (χ1v) is 6.25. The largest absolute Gasteiger partial charge is 0.398 e. The summed E-state index contributed by atoms with van der Waals surface area (Å²) in [6.07, 6.45) is 1.13. The molecular weight excluding hydrogens is 218 g/mol. The van der Waals surface area contributed by atoms with Gasteiger partial charge in [0.15, 0.2) is 0 Å². The van der Waals surface area contributed by atoms with Crippen LogP contribution in [0, 0.1) is 0 Å². The van der Waals surface area contributed by atoms with E-state index in [0.717, 1.165) is 12.0 Å². The van der Waals surface area contributed by atoms with Crippen molar-refractivity contribution in [1.29, 1.82) is 0 Å². The molecule has 16 heavy (non-hydrogen) atoms. The molecule has 0 fully saturated rings. The van der Waals surface area contributed by atoms with Gasteiger partial charge in [0, 0.05) is 11.3 Å². The van der Waals surface area contributed by atoms with Gasteiger partial charge in [0.2, 0.25) is 0 Å². The molecule has 0 amide bonds. The van der Waals surface area contributed by atoms with Gasteiger partial charge < -0.3 is 10.8 Å². The molecule has 0 aliphatic heterocycles. The monoisotopic (exact) mass is 233 g/mol. The maximum absolute atomic E-state index is 10.0. The normalized spacial score (nSPS) is 12.6. The summed E-state index contributed by atoms with van der Waals surface area (Å²) in [6, 6.07) is 9.58. The first-order chi connectivity index (χ1) is 7.77. The molecule has 3 N–H and O–H groups in total. The topological polar surface area (TPSA) is 46.2 Å². The number of hydrogen-bond donors (Lipinski definition) is 2. The molecule has 84 valence electrons. The zero-order valence-electron chi connectivity index (χ0n) is 8.97. The molecule has 1 unspecified atom stereocenters. The van der Waals surface area contributed by atoms with Crippen molar-refractivity contribution in [3.8, 4) is 0 Å². The van der Waals surface area contributed by atoms with Gasteiger partial charge in [-0.2, -0.15) is 11.3 Å². The predicted octanol–water partition coefficient (Wildman–Crippen LogP) is 3.00. The van der Waals surface area contributed by atoms with Crippen LogP contribution in [0.25, 0.3) is 0 Å². The van der Waals surface area contributed by atoms with Crippen LogP contribution in [0.2, 0.25) is 0 Å². The lowest BCUT2D eigenvalue weighted by molar-refractivity contribution is 0.168. The maximum Gasteiger partial charge on any atom is 0.0813 e. The third-order valence-electron chi connectivity index (χ3n) is 2.64. The van der Waals surface area contributed by atoms with Gasteiger partial charge in [-0.15, -0.1) is 0 Å². The molecule has 2 aromatic rings. The summed E-state index contributed by atoms with van der Waals surface area (Å²) >= 11 is 1.68. The van der Waals surface area contributed by atoms with Gasteiger partial charge >= 0.3 is 0 Å². The van der Waals surface area contributed by atoms with Crippen LogP contribution in [0.4, 0.5) is 5.69 Å². The summed E-state index contributed by atoms with van der Waals surface area (Å²) in [5.41, 5.74) is 8.59. The highest BCUT2D eigenvalue weighted by atomic mass is 32.1. The van der Waals surface area contributed by atoms with Crippen molar-refractivity contribution < 1.29 is 5.11 Å². The highest BCUT2D eigenvalue weighted by Gasteiger charge is 2.10. The SMILES string of the molecule is Nc1ccccc1C(O)CCc1ccsc1. The zero-order valence-corrected chi connectivity index (χ0v) is 9.78. The van der Waals surface area contributed by atoms with E-state index in [1.807, 2.05) is 24.3 Å². The molecule has 0 radical (unpaired) electrons. The Labute approximate surface area is 99.4 Å². The van der Waals surface area contributed by atoms with Crippen LogP contribution in [0.1, 0.15) is 23.7 Å². The van der Waals surface area contributed by atoms with E-state index in [2.05, 4.69) is 16.8 Å². The molecule has 0 aliphatic rings. The molecule has 2 rings (SSSR count). The lowest BCUT2D eigenvalue weighted by atomic mass is 10.0. The summed E-state index contributed by atoms with van der Waals surface area (Å²) in [5, 5.41) is 14.2. The molecule has 0 saturated heterocycles. The fourth-order valence-corrected chi connectivity index (χ4v) is 2.41. The van der Waals surface area contributed by atoms with E-state index in [1.54, 1.807) is 11.3 Å². The van der Waals surface area contributed by atoms with Gasteiger partial charge in [0.1, 0.15) is 0 Å². The van der Waals surface area contributed by atoms with Crippen molar-refractivity contribution in [3.63, 3.8) is 0 Å². The number of nitrogens with two attached hydrogens (primary N) is 1. The van der Waals surface area contributed by atoms with Crippen LogP contribution < -0.4 is 5.73 Å². The fraction of sp³-hybridized carbons (Fsp3) is 0.231. The Balaban J connectivity index is 1.98. The van der Waals surface area contributed by atoms with E-state index < -0.39 is 6.10 Å². The highest BCUT2D eigenvalue weighted by Crippen LogP contribution is 2.24.